The number of sulfone groups is 1. The first-order valence-electron chi connectivity index (χ1n) is 8.40. The molecule has 150 valence electrons. The quantitative estimate of drug-likeness (QED) is 0.737. The van der Waals surface area contributed by atoms with Crippen molar-refractivity contribution in [1.82, 2.24) is 9.91 Å². The zero-order valence-corrected chi connectivity index (χ0v) is 16.8. The minimum absolute atomic E-state index is 0.00814. The predicted octanol–water partition coefficient (Wildman–Crippen LogP) is 2.95. The summed E-state index contributed by atoms with van der Waals surface area (Å²) < 4.78 is 48.6. The average molecular weight is 427 g/mol. The van der Waals surface area contributed by atoms with Crippen LogP contribution in [0.5, 0.6) is 0 Å². The average Bonchev–Trinajstić information content (AvgIpc) is 3.28. The monoisotopic (exact) mass is 426 g/mol. The number of nitrogens with zero attached hydrogens (tertiary/aromatic N) is 3. The first-order chi connectivity index (χ1) is 13.3. The molecule has 0 saturated carbocycles. The number of nitrogens with two attached hydrogens (primary N) is 1. The van der Waals surface area contributed by atoms with Crippen molar-refractivity contribution in [2.24, 2.45) is 10.8 Å². The summed E-state index contributed by atoms with van der Waals surface area (Å²) >= 11 is 1.58. The van der Waals surface area contributed by atoms with E-state index < -0.39 is 15.9 Å². The van der Waals surface area contributed by atoms with Crippen LogP contribution in [0.3, 0.4) is 0 Å². The number of thiophene rings is 1. The van der Waals surface area contributed by atoms with Crippen LogP contribution < -0.4 is 5.73 Å². The molecule has 10 heteroatoms. The Morgan fingerprint density at radius 2 is 1.96 bits per heavy atom. The van der Waals surface area contributed by atoms with Gasteiger partial charge < -0.3 is 10.6 Å². The topological polar surface area (TPSA) is 79.0 Å². The number of hydrogen-bond acceptors (Lipinski definition) is 7. The van der Waals surface area contributed by atoms with Gasteiger partial charge >= 0.3 is 0 Å². The first-order valence-corrected chi connectivity index (χ1v) is 11.2. The van der Waals surface area contributed by atoms with E-state index in [4.69, 9.17) is 5.73 Å². The normalized spacial score (nSPS) is 14.0. The molecule has 2 aromatic rings. The van der Waals surface area contributed by atoms with Gasteiger partial charge in [-0.25, -0.2) is 8.42 Å². The van der Waals surface area contributed by atoms with E-state index in [0.717, 1.165) is 16.0 Å². The minimum Gasteiger partial charge on any atom is -0.337 e. The minimum atomic E-state index is -3.21. The lowest BCUT2D eigenvalue weighted by atomic mass is 10.1. The fourth-order valence-corrected chi connectivity index (χ4v) is 4.29. The van der Waals surface area contributed by atoms with E-state index in [1.54, 1.807) is 46.9 Å². The van der Waals surface area contributed by atoms with E-state index in [-0.39, 0.29) is 23.6 Å². The highest BCUT2D eigenvalue weighted by atomic mass is 32.2. The fraction of sp³-hybridized carbons (Fsp3) is 0.278. The Kier molecular flexibility index (Phi) is 6.11. The van der Waals surface area contributed by atoms with E-state index in [1.807, 2.05) is 16.3 Å². The van der Waals surface area contributed by atoms with E-state index in [2.05, 4.69) is 5.10 Å². The summed E-state index contributed by atoms with van der Waals surface area (Å²) in [5, 5.41) is 7.68. The number of benzene rings is 1. The molecule has 0 bridgehead atoms. The smallest absolute Gasteiger partial charge is 0.272 e. The molecule has 6 nitrogen and oxygen atoms in total. The molecule has 0 amide bonds. The summed E-state index contributed by atoms with van der Waals surface area (Å²) in [6, 6.07) is 8.79. The third kappa shape index (κ3) is 4.94. The molecule has 0 unspecified atom stereocenters. The maximum atomic E-state index is 12.7. The zero-order chi connectivity index (χ0) is 20.3. The van der Waals surface area contributed by atoms with Gasteiger partial charge in [-0.05, 0) is 34.7 Å². The predicted molar refractivity (Wildman–Crippen MR) is 107 cm³/mol. The molecule has 0 aliphatic carbocycles. The number of halogens is 2. The Balaban J connectivity index is 1.61. The molecule has 28 heavy (non-hydrogen) atoms. The second-order valence-electron chi connectivity index (χ2n) is 6.45. The van der Waals surface area contributed by atoms with Crippen molar-refractivity contribution >= 4 is 27.5 Å². The summed E-state index contributed by atoms with van der Waals surface area (Å²) in [6.45, 7) is 0.827. The lowest BCUT2D eigenvalue weighted by Crippen LogP contribution is -2.29. The van der Waals surface area contributed by atoms with Crippen molar-refractivity contribution in [3.63, 3.8) is 0 Å². The van der Waals surface area contributed by atoms with E-state index in [9.17, 15) is 17.2 Å². The number of rotatable bonds is 7. The Bertz CT molecular complexity index is 997. The molecule has 0 atom stereocenters. The summed E-state index contributed by atoms with van der Waals surface area (Å²) in [4.78, 5) is 3.30. The van der Waals surface area contributed by atoms with E-state index in [0.29, 0.717) is 13.2 Å². The second kappa shape index (κ2) is 8.38. The van der Waals surface area contributed by atoms with Gasteiger partial charge in [0.2, 0.25) is 0 Å². The highest BCUT2D eigenvalue weighted by Crippen LogP contribution is 2.28. The SMILES string of the molecule is CS(=O)(=O)c1ccc(-c2csc(CN3C=NN(CC(CN)=C(F)F)C3)c2)cc1. The molecule has 0 radical (unpaired) electrons. The van der Waals surface area contributed by atoms with Gasteiger partial charge in [-0.15, -0.1) is 11.3 Å². The third-order valence-electron chi connectivity index (χ3n) is 4.24. The van der Waals surface area contributed by atoms with Gasteiger partial charge in [0.15, 0.2) is 9.84 Å². The van der Waals surface area contributed by atoms with Crippen LogP contribution in [0.2, 0.25) is 0 Å². The number of hydrazone groups is 1. The molecule has 2 heterocycles. The lowest BCUT2D eigenvalue weighted by molar-refractivity contribution is 0.243. The zero-order valence-electron chi connectivity index (χ0n) is 15.2. The van der Waals surface area contributed by atoms with Crippen molar-refractivity contribution in [3.8, 4) is 11.1 Å². The Morgan fingerprint density at radius 3 is 2.57 bits per heavy atom. The van der Waals surface area contributed by atoms with Gasteiger partial charge in [-0.2, -0.15) is 13.9 Å². The van der Waals surface area contributed by atoms with E-state index >= 15 is 0 Å². The third-order valence-corrected chi connectivity index (χ3v) is 6.29. The van der Waals surface area contributed by atoms with Gasteiger partial charge in [0.1, 0.15) is 13.0 Å². The van der Waals surface area contributed by atoms with Crippen LogP contribution in [0.15, 0.2) is 57.4 Å². The molecule has 1 aromatic heterocycles. The van der Waals surface area contributed by atoms with Gasteiger partial charge in [0.05, 0.1) is 18.0 Å². The summed E-state index contributed by atoms with van der Waals surface area (Å²) in [5.74, 6) is 0. The van der Waals surface area contributed by atoms with Crippen molar-refractivity contribution in [1.29, 1.82) is 0 Å². The lowest BCUT2D eigenvalue weighted by Gasteiger charge is -2.19. The Hall–Kier alpha value is -2.30. The molecule has 1 aromatic carbocycles. The van der Waals surface area contributed by atoms with E-state index in [1.165, 1.54) is 6.26 Å². The first kappa shape index (κ1) is 20.4. The van der Waals surface area contributed by atoms with Crippen molar-refractivity contribution in [2.75, 3.05) is 26.0 Å². The maximum absolute atomic E-state index is 12.7. The van der Waals surface area contributed by atoms with Crippen LogP contribution in [-0.4, -0.2) is 50.7 Å². The van der Waals surface area contributed by atoms with Gasteiger partial charge in [-0.3, -0.25) is 5.01 Å². The molecule has 2 N–H and O–H groups in total. The number of hydrogen-bond donors (Lipinski definition) is 1. The highest BCUT2D eigenvalue weighted by molar-refractivity contribution is 7.90. The highest BCUT2D eigenvalue weighted by Gasteiger charge is 2.18. The molecular formula is C18H20F2N4O2S2. The largest absolute Gasteiger partial charge is 0.337 e. The second-order valence-corrected chi connectivity index (χ2v) is 9.46. The fourth-order valence-electron chi connectivity index (χ4n) is 2.74. The Morgan fingerprint density at radius 1 is 1.25 bits per heavy atom. The molecule has 0 saturated heterocycles. The maximum Gasteiger partial charge on any atom is 0.272 e. The van der Waals surface area contributed by atoms with Gasteiger partial charge in [0, 0.05) is 23.3 Å². The molecule has 3 rings (SSSR count). The summed E-state index contributed by atoms with van der Waals surface area (Å²) in [6.07, 6.45) is 1.06. The van der Waals surface area contributed by atoms with Gasteiger partial charge in [-0.1, -0.05) is 12.1 Å². The van der Waals surface area contributed by atoms with Crippen LogP contribution in [0.1, 0.15) is 4.88 Å². The van der Waals surface area contributed by atoms with Crippen LogP contribution >= 0.6 is 11.3 Å². The summed E-state index contributed by atoms with van der Waals surface area (Å²) in [5.41, 5.74) is 7.16. The van der Waals surface area contributed by atoms with Crippen LogP contribution in [0.25, 0.3) is 11.1 Å². The van der Waals surface area contributed by atoms with Crippen molar-refractivity contribution < 1.29 is 17.2 Å². The van der Waals surface area contributed by atoms with Gasteiger partial charge in [0.25, 0.3) is 6.08 Å². The molecule has 1 aliphatic rings. The van der Waals surface area contributed by atoms with Crippen molar-refractivity contribution in [3.05, 3.63) is 52.2 Å². The molecular weight excluding hydrogens is 406 g/mol. The Labute approximate surface area is 166 Å². The van der Waals surface area contributed by atoms with Crippen molar-refractivity contribution in [2.45, 2.75) is 11.4 Å². The molecule has 1 aliphatic heterocycles. The van der Waals surface area contributed by atoms with Crippen LogP contribution in [0.4, 0.5) is 8.78 Å². The van der Waals surface area contributed by atoms with Crippen LogP contribution in [-0.2, 0) is 16.4 Å². The molecule has 0 fully saturated rings. The van der Waals surface area contributed by atoms with Crippen LogP contribution in [0, 0.1) is 0 Å². The summed E-state index contributed by atoms with van der Waals surface area (Å²) in [7, 11) is -3.21. The standard InChI is InChI=1S/C18H20F2N4O2S2/c1-28(25,26)17-4-2-13(3-5-17)14-6-16(27-10-14)9-23-11-22-24(12-23)8-15(7-21)18(19)20/h2-6,10-11H,7-9,12,21H2,1H3. The molecule has 0 spiro atoms.